The molecule has 0 aromatic heterocycles. The van der Waals surface area contributed by atoms with E-state index in [4.69, 9.17) is 4.74 Å². The Morgan fingerprint density at radius 1 is 1.30 bits per heavy atom. The summed E-state index contributed by atoms with van der Waals surface area (Å²) in [7, 11) is 0. The average Bonchev–Trinajstić information content (AvgIpc) is 2.36. The van der Waals surface area contributed by atoms with Crippen molar-refractivity contribution in [3.8, 4) is 0 Å². The van der Waals surface area contributed by atoms with Gasteiger partial charge in [0.2, 0.25) is 0 Å². The molecule has 0 radical (unpaired) electrons. The molecular weight excluding hydrogens is 375 g/mol. The minimum absolute atomic E-state index is 0.0815. The molecule has 23 heavy (non-hydrogen) atoms. The van der Waals surface area contributed by atoms with E-state index in [1.54, 1.807) is 32.9 Å². The largest absolute Gasteiger partial charge is 0.444 e. The van der Waals surface area contributed by atoms with Gasteiger partial charge in [-0.15, -0.1) is 0 Å². The fourth-order valence-corrected chi connectivity index (χ4v) is 2.06. The van der Waals surface area contributed by atoms with E-state index in [-0.39, 0.29) is 12.1 Å². The highest BCUT2D eigenvalue weighted by Crippen LogP contribution is 2.34. The normalized spacial score (nSPS) is 12.5. The molecule has 1 aromatic rings. The second kappa shape index (κ2) is 7.86. The summed E-state index contributed by atoms with van der Waals surface area (Å²) in [6.07, 6.45) is -1.60. The van der Waals surface area contributed by atoms with Crippen LogP contribution in [0.4, 0.5) is 18.0 Å². The number of nitrogens with one attached hydrogen (secondary N) is 1. The van der Waals surface area contributed by atoms with Gasteiger partial charge in [-0.05, 0) is 44.9 Å². The lowest BCUT2D eigenvalue weighted by Crippen LogP contribution is -2.32. The van der Waals surface area contributed by atoms with Crippen LogP contribution >= 0.6 is 15.9 Å². The monoisotopic (exact) mass is 393 g/mol. The van der Waals surface area contributed by atoms with Gasteiger partial charge in [0.15, 0.2) is 0 Å². The maximum Gasteiger partial charge on any atom is 0.417 e. The van der Waals surface area contributed by atoms with Crippen LogP contribution in [0.25, 0.3) is 6.08 Å². The third-order valence-corrected chi connectivity index (χ3v) is 3.09. The van der Waals surface area contributed by atoms with E-state index < -0.39 is 23.4 Å². The third kappa shape index (κ3) is 7.54. The molecule has 1 rings (SSSR count). The Labute approximate surface area is 142 Å². The summed E-state index contributed by atoms with van der Waals surface area (Å²) < 4.78 is 44.2. The lowest BCUT2D eigenvalue weighted by Gasteiger charge is -2.19. The van der Waals surface area contributed by atoms with E-state index in [1.165, 1.54) is 12.1 Å². The lowest BCUT2D eigenvalue weighted by molar-refractivity contribution is -0.137. The Morgan fingerprint density at radius 3 is 2.52 bits per heavy atom. The van der Waals surface area contributed by atoms with Gasteiger partial charge in [0, 0.05) is 11.0 Å². The zero-order valence-electron chi connectivity index (χ0n) is 13.1. The highest BCUT2D eigenvalue weighted by molar-refractivity contribution is 9.10. The molecule has 0 aliphatic carbocycles. The Morgan fingerprint density at radius 2 is 1.96 bits per heavy atom. The van der Waals surface area contributed by atoms with Gasteiger partial charge in [-0.2, -0.15) is 13.2 Å². The van der Waals surface area contributed by atoms with Crippen LogP contribution in [0.3, 0.4) is 0 Å². The summed E-state index contributed by atoms with van der Waals surface area (Å²) in [5.74, 6) is 0. The fraction of sp³-hybridized carbons (Fsp3) is 0.438. The number of benzene rings is 1. The molecule has 1 amide bonds. The van der Waals surface area contributed by atoms with Crippen LogP contribution in [0.1, 0.15) is 38.3 Å². The second-order valence-corrected chi connectivity index (χ2v) is 6.76. The molecule has 0 saturated carbocycles. The average molecular weight is 394 g/mol. The smallest absolute Gasteiger partial charge is 0.417 e. The van der Waals surface area contributed by atoms with Crippen molar-refractivity contribution in [1.29, 1.82) is 0 Å². The molecule has 0 aliphatic heterocycles. The van der Waals surface area contributed by atoms with Gasteiger partial charge >= 0.3 is 12.3 Å². The molecule has 0 aliphatic rings. The zero-order valence-corrected chi connectivity index (χ0v) is 14.7. The zero-order chi connectivity index (χ0) is 17.7. The molecule has 0 unspecified atom stereocenters. The van der Waals surface area contributed by atoms with Crippen molar-refractivity contribution in [2.45, 2.75) is 39.0 Å². The number of hydrogen-bond acceptors (Lipinski definition) is 2. The standard InChI is InChI=1S/C16H19BrF3NO2/c1-15(2,3)23-14(22)21-9-5-4-6-11-7-8-12(17)10-13(11)16(18,19)20/h4,6-8,10H,5,9H2,1-3H3,(H,21,22). The molecule has 0 heterocycles. The summed E-state index contributed by atoms with van der Waals surface area (Å²) >= 11 is 3.04. The molecule has 0 saturated heterocycles. The molecular formula is C16H19BrF3NO2. The van der Waals surface area contributed by atoms with Crippen molar-refractivity contribution >= 4 is 28.1 Å². The third-order valence-electron chi connectivity index (χ3n) is 2.60. The number of rotatable bonds is 4. The number of carbonyl (C=O) groups excluding carboxylic acids is 1. The number of hydrogen-bond donors (Lipinski definition) is 1. The van der Waals surface area contributed by atoms with Crippen LogP contribution in [0.2, 0.25) is 0 Å². The van der Waals surface area contributed by atoms with E-state index in [1.807, 2.05) is 0 Å². The van der Waals surface area contributed by atoms with E-state index in [0.29, 0.717) is 10.9 Å². The van der Waals surface area contributed by atoms with Crippen molar-refractivity contribution in [1.82, 2.24) is 5.32 Å². The predicted octanol–water partition coefficient (Wildman–Crippen LogP) is 5.40. The minimum Gasteiger partial charge on any atom is -0.444 e. The van der Waals surface area contributed by atoms with Gasteiger partial charge < -0.3 is 10.1 Å². The summed E-state index contributed by atoms with van der Waals surface area (Å²) in [6, 6.07) is 3.98. The molecule has 0 spiro atoms. The molecule has 3 nitrogen and oxygen atoms in total. The Balaban J connectivity index is 2.58. The van der Waals surface area contributed by atoms with E-state index >= 15 is 0 Å². The van der Waals surface area contributed by atoms with Crippen molar-refractivity contribution < 1.29 is 22.7 Å². The van der Waals surface area contributed by atoms with Crippen LogP contribution < -0.4 is 5.32 Å². The first-order valence-corrected chi connectivity index (χ1v) is 7.78. The summed E-state index contributed by atoms with van der Waals surface area (Å²) in [4.78, 5) is 11.4. The van der Waals surface area contributed by atoms with Gasteiger partial charge in [0.25, 0.3) is 0 Å². The number of ether oxygens (including phenoxy) is 1. The summed E-state index contributed by atoms with van der Waals surface area (Å²) in [6.45, 7) is 5.53. The van der Waals surface area contributed by atoms with Crippen LogP contribution in [0, 0.1) is 0 Å². The van der Waals surface area contributed by atoms with Gasteiger partial charge in [0.05, 0.1) is 5.56 Å². The van der Waals surface area contributed by atoms with Gasteiger partial charge in [-0.3, -0.25) is 0 Å². The van der Waals surface area contributed by atoms with Crippen LogP contribution in [-0.4, -0.2) is 18.2 Å². The fourth-order valence-electron chi connectivity index (χ4n) is 1.70. The Bertz CT molecular complexity index is 578. The first-order chi connectivity index (χ1) is 10.5. The van der Waals surface area contributed by atoms with Crippen molar-refractivity contribution in [2.24, 2.45) is 0 Å². The van der Waals surface area contributed by atoms with Crippen LogP contribution in [-0.2, 0) is 10.9 Å². The number of alkyl halides is 3. The van der Waals surface area contributed by atoms with Gasteiger partial charge in [-0.1, -0.05) is 34.1 Å². The molecule has 128 valence electrons. The summed E-state index contributed by atoms with van der Waals surface area (Å²) in [5, 5.41) is 2.54. The maximum atomic E-state index is 12.9. The quantitative estimate of drug-likeness (QED) is 0.695. The molecule has 0 atom stereocenters. The van der Waals surface area contributed by atoms with Crippen molar-refractivity contribution in [3.05, 3.63) is 39.9 Å². The van der Waals surface area contributed by atoms with Crippen molar-refractivity contribution in [2.75, 3.05) is 6.54 Å². The van der Waals surface area contributed by atoms with Crippen molar-refractivity contribution in [3.63, 3.8) is 0 Å². The van der Waals surface area contributed by atoms with E-state index in [9.17, 15) is 18.0 Å². The number of halogens is 4. The Kier molecular flexibility index (Phi) is 6.68. The first-order valence-electron chi connectivity index (χ1n) is 6.99. The van der Waals surface area contributed by atoms with Crippen LogP contribution in [0.5, 0.6) is 0 Å². The SMILES string of the molecule is CC(C)(C)OC(=O)NCCC=Cc1ccc(Br)cc1C(F)(F)F. The number of alkyl carbamates (subject to hydrolysis) is 1. The van der Waals surface area contributed by atoms with Gasteiger partial charge in [-0.25, -0.2) is 4.79 Å². The lowest BCUT2D eigenvalue weighted by atomic mass is 10.1. The number of carbonyl (C=O) groups is 1. The van der Waals surface area contributed by atoms with Gasteiger partial charge in [0.1, 0.15) is 5.60 Å². The molecule has 1 aromatic carbocycles. The highest BCUT2D eigenvalue weighted by atomic mass is 79.9. The number of amides is 1. The second-order valence-electron chi connectivity index (χ2n) is 5.85. The highest BCUT2D eigenvalue weighted by Gasteiger charge is 2.32. The predicted molar refractivity (Wildman–Crippen MR) is 87.0 cm³/mol. The van der Waals surface area contributed by atoms with Crippen LogP contribution in [0.15, 0.2) is 28.7 Å². The molecule has 1 N–H and O–H groups in total. The Hall–Kier alpha value is -1.50. The minimum atomic E-state index is -4.42. The topological polar surface area (TPSA) is 38.3 Å². The molecule has 0 fully saturated rings. The molecule has 0 bridgehead atoms. The first kappa shape index (κ1) is 19.5. The maximum absolute atomic E-state index is 12.9. The van der Waals surface area contributed by atoms with E-state index in [2.05, 4.69) is 21.2 Å². The molecule has 7 heteroatoms. The summed E-state index contributed by atoms with van der Waals surface area (Å²) in [5.41, 5.74) is -1.21. The van der Waals surface area contributed by atoms with E-state index in [0.717, 1.165) is 6.07 Å².